The summed E-state index contributed by atoms with van der Waals surface area (Å²) in [6.07, 6.45) is 9.28. The van der Waals surface area contributed by atoms with E-state index in [9.17, 15) is 0 Å². The molecule has 2 heterocycles. The molecule has 3 rings (SSSR count). The Morgan fingerprint density at radius 3 is 2.86 bits per heavy atom. The summed E-state index contributed by atoms with van der Waals surface area (Å²) in [5, 5.41) is 7.34. The molecule has 1 N–H and O–H groups in total. The number of rotatable bonds is 6. The zero-order valence-electron chi connectivity index (χ0n) is 12.2. The van der Waals surface area contributed by atoms with Gasteiger partial charge in [-0.05, 0) is 38.2 Å². The lowest BCUT2D eigenvalue weighted by molar-refractivity contribution is 0.191. The second-order valence-electron chi connectivity index (χ2n) is 5.14. The molecule has 1 aliphatic rings. The first-order chi connectivity index (χ1) is 10.3. The quantitative estimate of drug-likeness (QED) is 0.878. The fourth-order valence-corrected chi connectivity index (χ4v) is 2.36. The summed E-state index contributed by atoms with van der Waals surface area (Å²) in [5.74, 6) is 1.01. The third-order valence-corrected chi connectivity index (χ3v) is 3.42. The fraction of sp³-hybridized carbons (Fsp3) is 0.571. The van der Waals surface area contributed by atoms with Crippen LogP contribution in [0.5, 0.6) is 6.01 Å². The van der Waals surface area contributed by atoms with E-state index >= 15 is 0 Å². The lowest BCUT2D eigenvalue weighted by atomic mass is 10.3. The molecule has 1 saturated carbocycles. The van der Waals surface area contributed by atoms with E-state index in [0.717, 1.165) is 25.8 Å². The van der Waals surface area contributed by atoms with Gasteiger partial charge in [0.1, 0.15) is 6.10 Å². The Morgan fingerprint density at radius 1 is 1.29 bits per heavy atom. The van der Waals surface area contributed by atoms with Crippen molar-refractivity contribution in [1.82, 2.24) is 24.7 Å². The molecular weight excluding hydrogens is 268 g/mol. The molecule has 2 aromatic rings. The van der Waals surface area contributed by atoms with Gasteiger partial charge in [-0.3, -0.25) is 0 Å². The molecule has 21 heavy (non-hydrogen) atoms. The van der Waals surface area contributed by atoms with Crippen molar-refractivity contribution in [2.45, 2.75) is 45.1 Å². The van der Waals surface area contributed by atoms with Crippen LogP contribution >= 0.6 is 0 Å². The molecular formula is C14H20N6O. The van der Waals surface area contributed by atoms with Gasteiger partial charge in [0.15, 0.2) is 0 Å². The normalized spacial score (nSPS) is 15.3. The van der Waals surface area contributed by atoms with Gasteiger partial charge in [0, 0.05) is 18.9 Å². The summed E-state index contributed by atoms with van der Waals surface area (Å²) in [4.78, 5) is 13.1. The van der Waals surface area contributed by atoms with Crippen molar-refractivity contribution in [3.05, 3.63) is 18.5 Å². The van der Waals surface area contributed by atoms with Crippen LogP contribution in [0.3, 0.4) is 0 Å². The number of anilines is 1. The van der Waals surface area contributed by atoms with Crippen LogP contribution in [0.2, 0.25) is 0 Å². The van der Waals surface area contributed by atoms with Crippen molar-refractivity contribution >= 4 is 5.95 Å². The number of hydrogen-bond acceptors (Lipinski definition) is 6. The van der Waals surface area contributed by atoms with Crippen molar-refractivity contribution in [3.8, 4) is 12.0 Å². The third kappa shape index (κ3) is 3.48. The van der Waals surface area contributed by atoms with Crippen molar-refractivity contribution in [2.24, 2.45) is 0 Å². The van der Waals surface area contributed by atoms with E-state index in [0.29, 0.717) is 17.9 Å². The number of hydrogen-bond donors (Lipinski definition) is 1. The predicted molar refractivity (Wildman–Crippen MR) is 78.6 cm³/mol. The molecule has 0 bridgehead atoms. The van der Waals surface area contributed by atoms with E-state index in [-0.39, 0.29) is 6.10 Å². The van der Waals surface area contributed by atoms with E-state index in [1.807, 2.05) is 6.07 Å². The summed E-state index contributed by atoms with van der Waals surface area (Å²) in [5.41, 5.74) is 0. The van der Waals surface area contributed by atoms with Crippen LogP contribution < -0.4 is 10.1 Å². The SMILES string of the molecule is CCCNc1nc(OC2CCCC2)nc(-n2cccn2)n1. The highest BCUT2D eigenvalue weighted by atomic mass is 16.5. The highest BCUT2D eigenvalue weighted by Gasteiger charge is 2.19. The number of nitrogens with zero attached hydrogens (tertiary/aromatic N) is 5. The molecule has 7 nitrogen and oxygen atoms in total. The molecule has 2 aromatic heterocycles. The molecule has 0 unspecified atom stereocenters. The summed E-state index contributed by atoms with van der Waals surface area (Å²) >= 11 is 0. The van der Waals surface area contributed by atoms with Crippen molar-refractivity contribution in [2.75, 3.05) is 11.9 Å². The standard InChI is InChI=1S/C14H20N6O/c1-2-8-15-12-17-13(20-10-5-9-16-20)19-14(18-12)21-11-6-3-4-7-11/h5,9-11H,2-4,6-8H2,1H3,(H,15,17,18,19). The lowest BCUT2D eigenvalue weighted by Crippen LogP contribution is -2.16. The van der Waals surface area contributed by atoms with E-state index in [1.54, 1.807) is 17.1 Å². The second kappa shape index (κ2) is 6.51. The Hall–Kier alpha value is -2.18. The summed E-state index contributed by atoms with van der Waals surface area (Å²) in [7, 11) is 0. The number of aromatic nitrogens is 5. The second-order valence-corrected chi connectivity index (χ2v) is 5.14. The molecule has 0 saturated heterocycles. The monoisotopic (exact) mass is 288 g/mol. The molecule has 1 aliphatic carbocycles. The molecule has 7 heteroatoms. The topological polar surface area (TPSA) is 77.8 Å². The predicted octanol–water partition coefficient (Wildman–Crippen LogP) is 2.20. The first-order valence-electron chi connectivity index (χ1n) is 7.52. The summed E-state index contributed by atoms with van der Waals surface area (Å²) in [6, 6.07) is 2.21. The molecule has 0 aliphatic heterocycles. The van der Waals surface area contributed by atoms with Gasteiger partial charge in [0.05, 0.1) is 0 Å². The van der Waals surface area contributed by atoms with Gasteiger partial charge in [-0.1, -0.05) is 6.92 Å². The Kier molecular flexibility index (Phi) is 4.28. The van der Waals surface area contributed by atoms with Gasteiger partial charge in [-0.25, -0.2) is 4.68 Å². The lowest BCUT2D eigenvalue weighted by Gasteiger charge is -2.13. The zero-order chi connectivity index (χ0) is 14.5. The van der Waals surface area contributed by atoms with Gasteiger partial charge >= 0.3 is 6.01 Å². The van der Waals surface area contributed by atoms with Crippen molar-refractivity contribution in [3.63, 3.8) is 0 Å². The minimum atomic E-state index is 0.219. The Labute approximate surface area is 123 Å². The molecule has 0 atom stereocenters. The minimum absolute atomic E-state index is 0.219. The minimum Gasteiger partial charge on any atom is -0.460 e. The van der Waals surface area contributed by atoms with Crippen molar-refractivity contribution < 1.29 is 4.74 Å². The Bertz CT molecular complexity index is 565. The Morgan fingerprint density at radius 2 is 2.14 bits per heavy atom. The van der Waals surface area contributed by atoms with Crippen LogP contribution in [0.1, 0.15) is 39.0 Å². The van der Waals surface area contributed by atoms with Crippen LogP contribution in [0, 0.1) is 0 Å². The average Bonchev–Trinajstić information content (AvgIpc) is 3.18. The first kappa shape index (κ1) is 13.8. The van der Waals surface area contributed by atoms with E-state index < -0.39 is 0 Å². The number of ether oxygens (including phenoxy) is 1. The maximum absolute atomic E-state index is 5.89. The molecule has 1 fully saturated rings. The van der Waals surface area contributed by atoms with Crippen LogP contribution in [0.15, 0.2) is 18.5 Å². The van der Waals surface area contributed by atoms with Gasteiger partial charge in [-0.15, -0.1) is 0 Å². The maximum Gasteiger partial charge on any atom is 0.323 e. The molecule has 0 radical (unpaired) electrons. The van der Waals surface area contributed by atoms with Gasteiger partial charge in [-0.2, -0.15) is 20.1 Å². The molecule has 112 valence electrons. The van der Waals surface area contributed by atoms with Gasteiger partial charge < -0.3 is 10.1 Å². The first-order valence-corrected chi connectivity index (χ1v) is 7.52. The highest BCUT2D eigenvalue weighted by molar-refractivity contribution is 5.30. The van der Waals surface area contributed by atoms with E-state index in [1.165, 1.54) is 12.8 Å². The van der Waals surface area contributed by atoms with Crippen LogP contribution in [-0.2, 0) is 0 Å². The van der Waals surface area contributed by atoms with Gasteiger partial charge in [0.2, 0.25) is 5.95 Å². The Balaban J connectivity index is 1.84. The van der Waals surface area contributed by atoms with Crippen LogP contribution in [0.4, 0.5) is 5.95 Å². The van der Waals surface area contributed by atoms with Crippen LogP contribution in [0.25, 0.3) is 5.95 Å². The smallest absolute Gasteiger partial charge is 0.323 e. The number of nitrogens with one attached hydrogen (secondary N) is 1. The summed E-state index contributed by atoms with van der Waals surface area (Å²) < 4.78 is 7.50. The van der Waals surface area contributed by atoms with E-state index in [2.05, 4.69) is 32.3 Å². The largest absolute Gasteiger partial charge is 0.460 e. The average molecular weight is 288 g/mol. The zero-order valence-corrected chi connectivity index (χ0v) is 12.2. The fourth-order valence-electron chi connectivity index (χ4n) is 2.36. The molecule has 0 spiro atoms. The maximum atomic E-state index is 5.89. The highest BCUT2D eigenvalue weighted by Crippen LogP contribution is 2.22. The molecule has 0 amide bonds. The van der Waals surface area contributed by atoms with E-state index in [4.69, 9.17) is 4.74 Å². The van der Waals surface area contributed by atoms with Crippen LogP contribution in [-0.4, -0.2) is 37.4 Å². The summed E-state index contributed by atoms with van der Waals surface area (Å²) in [6.45, 7) is 2.91. The third-order valence-electron chi connectivity index (χ3n) is 3.42. The van der Waals surface area contributed by atoms with Crippen molar-refractivity contribution in [1.29, 1.82) is 0 Å². The van der Waals surface area contributed by atoms with Gasteiger partial charge in [0.25, 0.3) is 5.95 Å². The molecule has 0 aromatic carbocycles.